The van der Waals surface area contributed by atoms with E-state index in [1.54, 1.807) is 0 Å². The van der Waals surface area contributed by atoms with E-state index in [0.29, 0.717) is 0 Å². The van der Waals surface area contributed by atoms with Crippen LogP contribution in [0.15, 0.2) is 0 Å². The first kappa shape index (κ1) is 18.9. The summed E-state index contributed by atoms with van der Waals surface area (Å²) in [7, 11) is 0. The summed E-state index contributed by atoms with van der Waals surface area (Å²) < 4.78 is 11.5. The lowest BCUT2D eigenvalue weighted by Crippen LogP contribution is -2.18. The Morgan fingerprint density at radius 1 is 0.579 bits per heavy atom. The molecule has 0 radical (unpaired) electrons. The number of hydrogen-bond acceptors (Lipinski definition) is 2. The van der Waals surface area contributed by atoms with Gasteiger partial charge in [0, 0.05) is 13.2 Å². The van der Waals surface area contributed by atoms with E-state index in [9.17, 15) is 0 Å². The average Bonchev–Trinajstić information content (AvgIpc) is 2.43. The van der Waals surface area contributed by atoms with E-state index in [0.717, 1.165) is 32.5 Å². The van der Waals surface area contributed by atoms with Gasteiger partial charge in [-0.1, -0.05) is 65.7 Å². The number of rotatable bonds is 15. The van der Waals surface area contributed by atoms with Crippen molar-refractivity contribution in [2.75, 3.05) is 13.2 Å². The molecule has 2 nitrogen and oxygen atoms in total. The van der Waals surface area contributed by atoms with Crippen LogP contribution in [0, 0.1) is 0 Å². The molecule has 0 bridgehead atoms. The summed E-state index contributed by atoms with van der Waals surface area (Å²) in [4.78, 5) is 0. The first-order chi connectivity index (χ1) is 9.35. The van der Waals surface area contributed by atoms with Crippen LogP contribution in [0.2, 0.25) is 0 Å². The molecule has 0 N–H and O–H groups in total. The van der Waals surface area contributed by atoms with Crippen molar-refractivity contribution in [1.82, 2.24) is 0 Å². The molecule has 0 amide bonds. The molecule has 0 heterocycles. The summed E-state index contributed by atoms with van der Waals surface area (Å²) in [6, 6.07) is 0. The lowest BCUT2D eigenvalue weighted by atomic mass is 10.1. The predicted octanol–water partition coefficient (Wildman–Crippen LogP) is 5.70. The maximum atomic E-state index is 5.73. The maximum absolute atomic E-state index is 5.73. The van der Waals surface area contributed by atoms with Gasteiger partial charge in [-0.15, -0.1) is 0 Å². The molecule has 0 saturated carbocycles. The number of unbranched alkanes of at least 4 members (excludes halogenated alkanes) is 7. The second kappa shape index (κ2) is 16.0. The minimum atomic E-state index is 0.0417. The van der Waals surface area contributed by atoms with Crippen LogP contribution in [0.1, 0.15) is 91.4 Å². The molecular weight excluding hydrogens is 236 g/mol. The van der Waals surface area contributed by atoms with Gasteiger partial charge in [0.1, 0.15) is 0 Å². The number of ether oxygens (including phenoxy) is 2. The standard InChI is InChI=1S/C17H36O2/c1-4-7-8-9-10-11-12-13-14-17(18-15-5-2)19-16-6-3/h17H,4-16H2,1-3H3. The minimum Gasteiger partial charge on any atom is -0.353 e. The summed E-state index contributed by atoms with van der Waals surface area (Å²) in [5.41, 5.74) is 0. The third-order valence-electron chi connectivity index (χ3n) is 3.31. The highest BCUT2D eigenvalue weighted by molar-refractivity contribution is 4.50. The van der Waals surface area contributed by atoms with E-state index in [1.165, 1.54) is 51.4 Å². The Bertz CT molecular complexity index is 151. The van der Waals surface area contributed by atoms with E-state index >= 15 is 0 Å². The molecular formula is C17H36O2. The van der Waals surface area contributed by atoms with Gasteiger partial charge < -0.3 is 9.47 Å². The van der Waals surface area contributed by atoms with Gasteiger partial charge >= 0.3 is 0 Å². The second-order valence-corrected chi connectivity index (χ2v) is 5.43. The van der Waals surface area contributed by atoms with E-state index in [4.69, 9.17) is 9.47 Å². The zero-order valence-corrected chi connectivity index (χ0v) is 13.6. The molecule has 0 aliphatic rings. The van der Waals surface area contributed by atoms with Crippen molar-refractivity contribution < 1.29 is 9.47 Å². The Kier molecular flexibility index (Phi) is 15.9. The smallest absolute Gasteiger partial charge is 0.157 e. The van der Waals surface area contributed by atoms with Gasteiger partial charge in [0.2, 0.25) is 0 Å². The minimum absolute atomic E-state index is 0.0417. The van der Waals surface area contributed by atoms with E-state index in [1.807, 2.05) is 0 Å². The SMILES string of the molecule is CCCCCCCCCCC(OCCC)OCCC. The number of hydrogen-bond donors (Lipinski definition) is 0. The second-order valence-electron chi connectivity index (χ2n) is 5.43. The van der Waals surface area contributed by atoms with Gasteiger partial charge in [0.25, 0.3) is 0 Å². The summed E-state index contributed by atoms with van der Waals surface area (Å²) in [5, 5.41) is 0. The topological polar surface area (TPSA) is 18.5 Å². The Balaban J connectivity index is 3.40. The Hall–Kier alpha value is -0.0800. The predicted molar refractivity (Wildman–Crippen MR) is 83.5 cm³/mol. The fourth-order valence-corrected chi connectivity index (χ4v) is 2.16. The fourth-order valence-electron chi connectivity index (χ4n) is 2.16. The summed E-state index contributed by atoms with van der Waals surface area (Å²) in [5.74, 6) is 0. The summed E-state index contributed by atoms with van der Waals surface area (Å²) in [6.07, 6.45) is 14.2. The fraction of sp³-hybridized carbons (Fsp3) is 1.00. The van der Waals surface area contributed by atoms with Gasteiger partial charge in [-0.2, -0.15) is 0 Å². The normalized spacial score (nSPS) is 11.4. The molecule has 19 heavy (non-hydrogen) atoms. The largest absolute Gasteiger partial charge is 0.353 e. The molecule has 116 valence electrons. The third kappa shape index (κ3) is 14.1. The first-order valence-electron chi connectivity index (χ1n) is 8.58. The van der Waals surface area contributed by atoms with Crippen molar-refractivity contribution in [3.8, 4) is 0 Å². The average molecular weight is 272 g/mol. The molecule has 2 heteroatoms. The van der Waals surface area contributed by atoms with Crippen LogP contribution in [0.4, 0.5) is 0 Å². The van der Waals surface area contributed by atoms with E-state index < -0.39 is 0 Å². The van der Waals surface area contributed by atoms with E-state index in [-0.39, 0.29) is 6.29 Å². The zero-order chi connectivity index (χ0) is 14.2. The van der Waals surface area contributed by atoms with Crippen molar-refractivity contribution in [2.45, 2.75) is 97.7 Å². The Morgan fingerprint density at radius 2 is 1.05 bits per heavy atom. The van der Waals surface area contributed by atoms with Crippen LogP contribution in [-0.2, 0) is 9.47 Å². The highest BCUT2D eigenvalue weighted by atomic mass is 16.7. The molecule has 0 fully saturated rings. The quantitative estimate of drug-likeness (QED) is 0.281. The molecule has 0 rings (SSSR count). The molecule has 0 aromatic rings. The third-order valence-corrected chi connectivity index (χ3v) is 3.31. The summed E-state index contributed by atoms with van der Waals surface area (Å²) in [6.45, 7) is 8.21. The lowest BCUT2D eigenvalue weighted by molar-refractivity contribution is -0.146. The van der Waals surface area contributed by atoms with Gasteiger partial charge in [0.15, 0.2) is 6.29 Å². The van der Waals surface area contributed by atoms with Gasteiger partial charge in [-0.3, -0.25) is 0 Å². The molecule has 0 aliphatic heterocycles. The van der Waals surface area contributed by atoms with Crippen molar-refractivity contribution in [3.63, 3.8) is 0 Å². The van der Waals surface area contributed by atoms with Crippen LogP contribution in [0.25, 0.3) is 0 Å². The van der Waals surface area contributed by atoms with E-state index in [2.05, 4.69) is 20.8 Å². The van der Waals surface area contributed by atoms with Crippen LogP contribution in [0.5, 0.6) is 0 Å². The van der Waals surface area contributed by atoms with Gasteiger partial charge in [0.05, 0.1) is 0 Å². The maximum Gasteiger partial charge on any atom is 0.157 e. The molecule has 0 aromatic carbocycles. The monoisotopic (exact) mass is 272 g/mol. The molecule has 0 aliphatic carbocycles. The Labute approximate surface area is 121 Å². The van der Waals surface area contributed by atoms with Crippen LogP contribution < -0.4 is 0 Å². The van der Waals surface area contributed by atoms with Crippen molar-refractivity contribution in [1.29, 1.82) is 0 Å². The van der Waals surface area contributed by atoms with Crippen molar-refractivity contribution in [2.24, 2.45) is 0 Å². The van der Waals surface area contributed by atoms with Crippen molar-refractivity contribution in [3.05, 3.63) is 0 Å². The summed E-state index contributed by atoms with van der Waals surface area (Å²) >= 11 is 0. The molecule has 0 aromatic heterocycles. The molecule has 0 spiro atoms. The highest BCUT2D eigenvalue weighted by Gasteiger charge is 2.07. The van der Waals surface area contributed by atoms with Gasteiger partial charge in [-0.05, 0) is 25.7 Å². The lowest BCUT2D eigenvalue weighted by Gasteiger charge is -2.18. The zero-order valence-electron chi connectivity index (χ0n) is 13.6. The van der Waals surface area contributed by atoms with Crippen LogP contribution >= 0.6 is 0 Å². The van der Waals surface area contributed by atoms with Crippen LogP contribution in [0.3, 0.4) is 0 Å². The molecule has 0 saturated heterocycles. The Morgan fingerprint density at radius 3 is 1.53 bits per heavy atom. The highest BCUT2D eigenvalue weighted by Crippen LogP contribution is 2.13. The van der Waals surface area contributed by atoms with Crippen molar-refractivity contribution >= 4 is 0 Å². The van der Waals surface area contributed by atoms with Gasteiger partial charge in [-0.25, -0.2) is 0 Å². The van der Waals surface area contributed by atoms with Crippen LogP contribution in [-0.4, -0.2) is 19.5 Å². The molecule has 0 atom stereocenters. The molecule has 0 unspecified atom stereocenters. The first-order valence-corrected chi connectivity index (χ1v) is 8.58.